The Balaban J connectivity index is -0.000000174. The van der Waals surface area contributed by atoms with Gasteiger partial charge in [-0.2, -0.15) is 0 Å². The normalized spacial score (nSPS) is 9.00. The topological polar surface area (TPSA) is 174 Å². The van der Waals surface area contributed by atoms with Crippen LogP contribution in [0, 0.1) is 0 Å². The van der Waals surface area contributed by atoms with E-state index in [1.165, 1.54) is 0 Å². The molecule has 0 aliphatic carbocycles. The number of rotatable bonds is 15. The van der Waals surface area contributed by atoms with Gasteiger partial charge in [-0.05, 0) is 19.3 Å². The molecule has 0 aromatic heterocycles. The molecule has 0 rings (SSSR count). The minimum absolute atomic E-state index is 0. The molecule has 1 radical (unpaired) electrons. The van der Waals surface area contributed by atoms with Crippen molar-refractivity contribution in [3.8, 4) is 0 Å². The fraction of sp³-hybridized carbons (Fsp3) is 0.714. The van der Waals surface area contributed by atoms with Gasteiger partial charge in [-0.25, -0.2) is 0 Å². The molecule has 0 bridgehead atoms. The molecule has 0 aliphatic heterocycles. The summed E-state index contributed by atoms with van der Waals surface area (Å²) in [6.07, 6.45) is 6.06. The van der Waals surface area contributed by atoms with Crippen molar-refractivity contribution in [2.45, 2.75) is 97.8 Å². The maximum absolute atomic E-state index is 10.7. The summed E-state index contributed by atoms with van der Waals surface area (Å²) in [7, 11) is 0. The number of carbonyl (C=O) groups excluding carboxylic acids is 6. The zero-order valence-electron chi connectivity index (χ0n) is 18.8. The molecule has 179 valence electrons. The van der Waals surface area contributed by atoms with Crippen molar-refractivity contribution in [1.82, 2.24) is 0 Å². The van der Waals surface area contributed by atoms with E-state index in [1.54, 1.807) is 0 Å². The molecule has 0 saturated heterocycles. The second kappa shape index (κ2) is 26.0. The van der Waals surface area contributed by atoms with Crippen LogP contribution in [0.1, 0.15) is 97.8 Å². The minimum Gasteiger partial charge on any atom is -0.667 e. The van der Waals surface area contributed by atoms with Crippen molar-refractivity contribution in [3.05, 3.63) is 17.2 Å². The van der Waals surface area contributed by atoms with Crippen LogP contribution < -0.4 is 0 Å². The number of unbranched alkanes of at least 4 members (excludes halogenated alkanes) is 3. The largest absolute Gasteiger partial charge is 3.00 e. The van der Waals surface area contributed by atoms with E-state index in [2.05, 4.69) is 0 Å². The average molecular weight is 482 g/mol. The molecule has 0 atom stereocenters. The Kier molecular flexibility index (Phi) is 30.4. The van der Waals surface area contributed by atoms with E-state index in [-0.39, 0.29) is 53.7 Å². The third-order valence-electron chi connectivity index (χ3n) is 3.50. The van der Waals surface area contributed by atoms with E-state index in [0.29, 0.717) is 19.3 Å². The molecule has 9 nitrogen and oxygen atoms in total. The van der Waals surface area contributed by atoms with Gasteiger partial charge in [0.05, 0.1) is 17.7 Å². The summed E-state index contributed by atoms with van der Waals surface area (Å²) in [6, 6.07) is 0. The Labute approximate surface area is 196 Å². The Morgan fingerprint density at radius 3 is 0.806 bits per heavy atom. The standard InChI is InChI=1S/3C7H13NO2.Fe/c3*1-2-3-4-6(9)5-7(8)10;/h3*2-5H2,1H3,(H2,8,10);/q;;;+3/p-3. The second-order valence-corrected chi connectivity index (χ2v) is 6.73. The molecule has 0 spiro atoms. The smallest absolute Gasteiger partial charge is 0.667 e. The predicted octanol–water partition coefficient (Wildman–Crippen LogP) is 5.14. The summed E-state index contributed by atoms with van der Waals surface area (Å²) < 4.78 is 0. The van der Waals surface area contributed by atoms with Gasteiger partial charge < -0.3 is 31.6 Å². The quantitative estimate of drug-likeness (QED) is 0.231. The van der Waals surface area contributed by atoms with Crippen LogP contribution in [-0.4, -0.2) is 35.1 Å². The molecule has 31 heavy (non-hydrogen) atoms. The molecule has 0 fully saturated rings. The van der Waals surface area contributed by atoms with Crippen LogP contribution in [0.5, 0.6) is 0 Å². The summed E-state index contributed by atoms with van der Waals surface area (Å²) in [6.45, 7) is 5.95. The van der Waals surface area contributed by atoms with Crippen LogP contribution in [0.2, 0.25) is 0 Å². The van der Waals surface area contributed by atoms with E-state index in [1.807, 2.05) is 20.8 Å². The van der Waals surface area contributed by atoms with Gasteiger partial charge in [-0.1, -0.05) is 40.0 Å². The molecule has 3 N–H and O–H groups in total. The van der Waals surface area contributed by atoms with Gasteiger partial charge in [-0.15, -0.1) is 0 Å². The van der Waals surface area contributed by atoms with Gasteiger partial charge in [0.25, 0.3) is 0 Å². The summed E-state index contributed by atoms with van der Waals surface area (Å²) >= 11 is 0. The van der Waals surface area contributed by atoms with Crippen molar-refractivity contribution < 1.29 is 45.8 Å². The SMILES string of the molecule is CCCCC(=O)CC([NH-])=O.CCCCC(=O)CC([NH-])=O.CCCCC(=O)CC([NH-])=O.[Fe+3]. The Morgan fingerprint density at radius 2 is 0.677 bits per heavy atom. The van der Waals surface area contributed by atoms with Crippen molar-refractivity contribution in [3.63, 3.8) is 0 Å². The number of ketones is 3. The zero-order valence-corrected chi connectivity index (χ0v) is 19.9. The molecule has 10 heteroatoms. The predicted molar refractivity (Wildman–Crippen MR) is 115 cm³/mol. The maximum atomic E-state index is 10.7. The molecular formula is C21H36FeN3O6. The second-order valence-electron chi connectivity index (χ2n) is 6.73. The van der Waals surface area contributed by atoms with Crippen LogP contribution in [0.4, 0.5) is 0 Å². The molecule has 0 saturated carbocycles. The summed E-state index contributed by atoms with van der Waals surface area (Å²) in [5.41, 5.74) is 19.5. The van der Waals surface area contributed by atoms with E-state index in [0.717, 1.165) is 38.5 Å². The van der Waals surface area contributed by atoms with Crippen LogP contribution in [-0.2, 0) is 45.8 Å². The number of carbonyl (C=O) groups is 6. The van der Waals surface area contributed by atoms with Crippen molar-refractivity contribution in [2.75, 3.05) is 0 Å². The van der Waals surface area contributed by atoms with Gasteiger partial charge in [0.2, 0.25) is 0 Å². The van der Waals surface area contributed by atoms with E-state index >= 15 is 0 Å². The molecular weight excluding hydrogens is 446 g/mol. The first kappa shape index (κ1) is 36.3. The summed E-state index contributed by atoms with van der Waals surface area (Å²) in [5, 5.41) is 0. The Hall–Kier alpha value is -2.06. The molecule has 0 aromatic carbocycles. The average Bonchev–Trinajstić information content (AvgIpc) is 2.62. The molecule has 0 aromatic rings. The van der Waals surface area contributed by atoms with Gasteiger partial charge in [0.1, 0.15) is 17.3 Å². The molecule has 0 aliphatic rings. The maximum Gasteiger partial charge on any atom is 3.00 e. The molecule has 0 heterocycles. The van der Waals surface area contributed by atoms with Crippen molar-refractivity contribution in [1.29, 1.82) is 0 Å². The van der Waals surface area contributed by atoms with Gasteiger partial charge in [0, 0.05) is 38.5 Å². The van der Waals surface area contributed by atoms with Crippen molar-refractivity contribution >= 4 is 35.1 Å². The number of hydrogen-bond donors (Lipinski definition) is 0. The van der Waals surface area contributed by atoms with Crippen LogP contribution in [0.15, 0.2) is 0 Å². The zero-order chi connectivity index (χ0) is 23.9. The number of hydrogen-bond acceptors (Lipinski definition) is 6. The van der Waals surface area contributed by atoms with Gasteiger partial charge in [0.15, 0.2) is 0 Å². The monoisotopic (exact) mass is 482 g/mol. The van der Waals surface area contributed by atoms with Gasteiger partial charge >= 0.3 is 17.1 Å². The third-order valence-corrected chi connectivity index (χ3v) is 3.50. The fourth-order valence-electron chi connectivity index (χ4n) is 1.92. The Bertz CT molecular complexity index is 477. The van der Waals surface area contributed by atoms with E-state index in [4.69, 9.17) is 17.2 Å². The first-order valence-corrected chi connectivity index (χ1v) is 10.3. The number of Topliss-reactive ketones (excluding diaryl/α,β-unsaturated/α-hetero) is 3. The van der Waals surface area contributed by atoms with E-state index < -0.39 is 17.7 Å². The van der Waals surface area contributed by atoms with Crippen LogP contribution in [0.25, 0.3) is 17.2 Å². The van der Waals surface area contributed by atoms with E-state index in [9.17, 15) is 28.8 Å². The first-order valence-electron chi connectivity index (χ1n) is 10.3. The van der Waals surface area contributed by atoms with Crippen LogP contribution >= 0.6 is 0 Å². The number of nitrogens with one attached hydrogen (secondary N) is 3. The van der Waals surface area contributed by atoms with Gasteiger partial charge in [-0.3, -0.25) is 14.4 Å². The fourth-order valence-corrected chi connectivity index (χ4v) is 1.92. The summed E-state index contributed by atoms with van der Waals surface area (Å²) in [5.74, 6) is -2.66. The first-order chi connectivity index (χ1) is 14.0. The third kappa shape index (κ3) is 39.1. The molecule has 0 unspecified atom stereocenters. The molecule has 3 amide bonds. The minimum atomic E-state index is -0.777. The summed E-state index contributed by atoms with van der Waals surface area (Å²) in [4.78, 5) is 62.2. The Morgan fingerprint density at radius 1 is 0.484 bits per heavy atom. The number of amides is 3. The van der Waals surface area contributed by atoms with Crippen molar-refractivity contribution in [2.24, 2.45) is 0 Å². The van der Waals surface area contributed by atoms with Crippen LogP contribution in [0.3, 0.4) is 0 Å².